The predicted molar refractivity (Wildman–Crippen MR) is 207 cm³/mol. The Kier molecular flexibility index (Phi) is 12.7. The molecule has 17 heteroatoms. The standard InChI is InChI=1S/C40H48F3N7O6S/c1-23-17-30(18-24(2)48(23)22-35(52)46-26-6-13-33(45-21-26)31-12-14-34(51)47-36(31)53)56-16-15-55-29-10-8-27(9-11-29)50-38(57)49(37(54)39(50,3)4)28-7-5-25(20-44)32(19-28)40(41,42)43/h5-7,13,19,21,23-24,27,29-31H,8-12,14-18,22H2,1-4H3,(H,46,52)(H,47,51,53)/t23-,24+,27-,29-,30?,31?. The number of hydrogen-bond donors (Lipinski definition) is 2. The largest absolute Gasteiger partial charge is 0.417 e. The highest BCUT2D eigenvalue weighted by Gasteiger charge is 2.52. The number of pyridine rings is 1. The summed E-state index contributed by atoms with van der Waals surface area (Å²) in [7, 11) is 0. The van der Waals surface area contributed by atoms with Gasteiger partial charge in [-0.15, -0.1) is 0 Å². The molecule has 13 nitrogen and oxygen atoms in total. The zero-order valence-corrected chi connectivity index (χ0v) is 33.3. The van der Waals surface area contributed by atoms with Crippen LogP contribution in [-0.2, 0) is 34.8 Å². The highest BCUT2D eigenvalue weighted by molar-refractivity contribution is 7.80. The van der Waals surface area contributed by atoms with Gasteiger partial charge in [-0.3, -0.25) is 39.3 Å². The number of nitriles is 1. The van der Waals surface area contributed by atoms with E-state index in [1.54, 1.807) is 32.0 Å². The monoisotopic (exact) mass is 811 g/mol. The summed E-state index contributed by atoms with van der Waals surface area (Å²) in [5.41, 5.74) is -1.65. The number of rotatable bonds is 11. The second-order valence-corrected chi connectivity index (χ2v) is 16.2. The van der Waals surface area contributed by atoms with E-state index in [1.165, 1.54) is 12.3 Å². The number of alkyl halides is 3. The fourth-order valence-corrected chi connectivity index (χ4v) is 9.16. The molecule has 0 bridgehead atoms. The number of imide groups is 1. The number of benzene rings is 1. The number of ether oxygens (including phenoxy) is 2. The molecule has 3 aliphatic heterocycles. The average Bonchev–Trinajstić information content (AvgIpc) is 3.33. The van der Waals surface area contributed by atoms with Gasteiger partial charge in [-0.1, -0.05) is 0 Å². The molecule has 3 saturated heterocycles. The van der Waals surface area contributed by atoms with Crippen LogP contribution in [-0.4, -0.2) is 99.2 Å². The van der Waals surface area contributed by atoms with E-state index in [1.807, 2.05) is 4.90 Å². The van der Waals surface area contributed by atoms with Crippen LogP contribution in [0.2, 0.25) is 0 Å². The van der Waals surface area contributed by atoms with Crippen molar-refractivity contribution in [1.82, 2.24) is 20.1 Å². The molecular weight excluding hydrogens is 764 g/mol. The fourth-order valence-electron chi connectivity index (χ4n) is 8.59. The normalized spacial score (nSPS) is 27.0. The van der Waals surface area contributed by atoms with E-state index in [0.29, 0.717) is 43.9 Å². The number of thiocarbonyl (C=S) groups is 1. The molecule has 57 heavy (non-hydrogen) atoms. The average molecular weight is 812 g/mol. The Morgan fingerprint density at radius 1 is 1.02 bits per heavy atom. The first-order valence-electron chi connectivity index (χ1n) is 19.4. The van der Waals surface area contributed by atoms with Crippen LogP contribution in [0.5, 0.6) is 0 Å². The molecule has 0 radical (unpaired) electrons. The van der Waals surface area contributed by atoms with Crippen molar-refractivity contribution in [3.05, 3.63) is 53.3 Å². The Bertz CT molecular complexity index is 1900. The van der Waals surface area contributed by atoms with Crippen LogP contribution < -0.4 is 15.5 Å². The van der Waals surface area contributed by atoms with Gasteiger partial charge in [0.2, 0.25) is 17.7 Å². The minimum absolute atomic E-state index is 0.00847. The summed E-state index contributed by atoms with van der Waals surface area (Å²) < 4.78 is 53.6. The second-order valence-electron chi connectivity index (χ2n) is 15.9. The molecule has 306 valence electrons. The second kappa shape index (κ2) is 17.2. The number of nitrogens with zero attached hydrogens (tertiary/aromatic N) is 5. The van der Waals surface area contributed by atoms with E-state index in [2.05, 4.69) is 34.4 Å². The molecule has 4 aliphatic rings. The van der Waals surface area contributed by atoms with Crippen LogP contribution in [0.15, 0.2) is 36.5 Å². The van der Waals surface area contributed by atoms with E-state index in [4.69, 9.17) is 21.7 Å². The number of likely N-dealkylation sites (tertiary alicyclic amines) is 1. The zero-order chi connectivity index (χ0) is 41.2. The number of amides is 4. The Morgan fingerprint density at radius 2 is 1.68 bits per heavy atom. The molecule has 2 N–H and O–H groups in total. The molecule has 1 aromatic heterocycles. The molecule has 2 aromatic rings. The molecule has 0 spiro atoms. The van der Waals surface area contributed by atoms with E-state index in [9.17, 15) is 37.6 Å². The van der Waals surface area contributed by atoms with Gasteiger partial charge in [0.1, 0.15) is 5.54 Å². The Morgan fingerprint density at radius 3 is 2.28 bits per heavy atom. The van der Waals surface area contributed by atoms with Crippen molar-refractivity contribution >= 4 is 52.3 Å². The lowest BCUT2D eigenvalue weighted by Crippen LogP contribution is -2.51. The maximum absolute atomic E-state index is 13.7. The third kappa shape index (κ3) is 9.30. The third-order valence-electron chi connectivity index (χ3n) is 11.5. The number of nitrogens with one attached hydrogen (secondary N) is 2. The molecule has 6 rings (SSSR count). The lowest BCUT2D eigenvalue weighted by molar-refractivity contribution is -0.138. The van der Waals surface area contributed by atoms with E-state index >= 15 is 0 Å². The van der Waals surface area contributed by atoms with Crippen molar-refractivity contribution in [2.75, 3.05) is 30.0 Å². The van der Waals surface area contributed by atoms with E-state index in [-0.39, 0.29) is 71.8 Å². The quantitative estimate of drug-likeness (QED) is 0.170. The molecule has 4 amide bonds. The summed E-state index contributed by atoms with van der Waals surface area (Å²) in [5, 5.41) is 14.6. The Hall–Kier alpha value is -4.50. The number of carbonyl (C=O) groups excluding carboxylic acids is 4. The van der Waals surface area contributed by atoms with Crippen LogP contribution in [0, 0.1) is 11.3 Å². The Balaban J connectivity index is 0.918. The molecular formula is C40H48F3N7O6S. The van der Waals surface area contributed by atoms with Crippen molar-refractivity contribution < 1.29 is 41.8 Å². The molecule has 1 aliphatic carbocycles. The van der Waals surface area contributed by atoms with E-state index < -0.39 is 34.7 Å². The maximum Gasteiger partial charge on any atom is 0.417 e. The first-order chi connectivity index (χ1) is 27.0. The van der Waals surface area contributed by atoms with Crippen molar-refractivity contribution in [3.63, 3.8) is 0 Å². The number of aromatic nitrogens is 1. The van der Waals surface area contributed by atoms with Gasteiger partial charge in [-0.2, -0.15) is 18.4 Å². The van der Waals surface area contributed by atoms with Gasteiger partial charge in [0.05, 0.1) is 78.3 Å². The molecule has 1 aromatic carbocycles. The van der Waals surface area contributed by atoms with Gasteiger partial charge in [0.15, 0.2) is 5.11 Å². The van der Waals surface area contributed by atoms with Crippen molar-refractivity contribution in [2.24, 2.45) is 0 Å². The number of anilines is 2. The van der Waals surface area contributed by atoms with Gasteiger partial charge in [0, 0.05) is 24.5 Å². The molecule has 4 heterocycles. The van der Waals surface area contributed by atoms with Crippen LogP contribution in [0.25, 0.3) is 0 Å². The minimum atomic E-state index is -4.77. The summed E-state index contributed by atoms with van der Waals surface area (Å²) in [6.45, 7) is 8.64. The summed E-state index contributed by atoms with van der Waals surface area (Å²) in [5.74, 6) is -1.73. The topological polar surface area (TPSA) is 157 Å². The zero-order valence-electron chi connectivity index (χ0n) is 32.4. The molecule has 1 saturated carbocycles. The fraction of sp³-hybridized carbons (Fsp3) is 0.575. The maximum atomic E-state index is 13.7. The number of piperidine rings is 2. The van der Waals surface area contributed by atoms with Crippen LogP contribution in [0.1, 0.15) is 102 Å². The van der Waals surface area contributed by atoms with Crippen LogP contribution >= 0.6 is 12.2 Å². The first kappa shape index (κ1) is 42.1. The third-order valence-corrected chi connectivity index (χ3v) is 11.9. The predicted octanol–water partition coefficient (Wildman–Crippen LogP) is 5.43. The minimum Gasteiger partial charge on any atom is -0.376 e. The SMILES string of the molecule is C[C@@H]1CC(OCCO[C@H]2CC[C@H](N3C(=S)N(c4ccc(C#N)c(C(F)(F)F)c4)C(=O)C3(C)C)CC2)C[C@H](C)N1CC(=O)Nc1ccc(C2CCC(=O)NC2=O)nc1. The van der Waals surface area contributed by atoms with Crippen LogP contribution in [0.4, 0.5) is 24.5 Å². The van der Waals surface area contributed by atoms with E-state index in [0.717, 1.165) is 42.7 Å². The lowest BCUT2D eigenvalue weighted by Gasteiger charge is -2.42. The molecule has 4 fully saturated rings. The smallest absolute Gasteiger partial charge is 0.376 e. The van der Waals surface area contributed by atoms with Gasteiger partial charge in [-0.05, 0) is 115 Å². The van der Waals surface area contributed by atoms with Gasteiger partial charge < -0.3 is 19.7 Å². The molecule has 4 atom stereocenters. The highest BCUT2D eigenvalue weighted by atomic mass is 32.1. The summed E-state index contributed by atoms with van der Waals surface area (Å²) >= 11 is 5.72. The molecule has 2 unspecified atom stereocenters. The summed E-state index contributed by atoms with van der Waals surface area (Å²) in [6, 6.07) is 8.28. The Labute approximate surface area is 335 Å². The highest BCUT2D eigenvalue weighted by Crippen LogP contribution is 2.41. The lowest BCUT2D eigenvalue weighted by atomic mass is 9.89. The number of carbonyl (C=O) groups is 4. The van der Waals surface area contributed by atoms with Crippen LogP contribution in [0.3, 0.4) is 0 Å². The first-order valence-corrected chi connectivity index (χ1v) is 19.8. The summed E-state index contributed by atoms with van der Waals surface area (Å²) in [4.78, 5) is 59.7. The van der Waals surface area contributed by atoms with Crippen molar-refractivity contribution in [2.45, 2.75) is 127 Å². The van der Waals surface area contributed by atoms with Crippen molar-refractivity contribution in [1.29, 1.82) is 5.26 Å². The summed E-state index contributed by atoms with van der Waals surface area (Å²) in [6.07, 6.45) is 1.75. The van der Waals surface area contributed by atoms with Gasteiger partial charge in [-0.25, -0.2) is 0 Å². The van der Waals surface area contributed by atoms with Crippen molar-refractivity contribution in [3.8, 4) is 6.07 Å². The number of halogens is 3. The van der Waals surface area contributed by atoms with Gasteiger partial charge in [0.25, 0.3) is 5.91 Å². The number of hydrogen-bond acceptors (Lipinski definition) is 10. The van der Waals surface area contributed by atoms with Gasteiger partial charge >= 0.3 is 6.18 Å².